The van der Waals surface area contributed by atoms with E-state index in [9.17, 15) is 28.1 Å². The number of alkyl halides is 3. The largest absolute Gasteiger partial charge is 0.416 e. The molecular weight excluding hydrogens is 626 g/mol. The second-order valence-electron chi connectivity index (χ2n) is 10.6. The van der Waals surface area contributed by atoms with Gasteiger partial charge in [0.05, 0.1) is 29.8 Å². The fraction of sp³-hybridized carbons (Fsp3) is 0.323. The van der Waals surface area contributed by atoms with Gasteiger partial charge in [0, 0.05) is 53.7 Å². The minimum atomic E-state index is -4.49. The minimum Gasteiger partial charge on any atom is -0.351 e. The number of anilines is 1. The first-order valence-corrected chi connectivity index (χ1v) is 15.5. The molecule has 0 spiro atoms. The number of non-ortho nitro benzene ring substituents is 1. The van der Waals surface area contributed by atoms with Crippen LogP contribution in [0.2, 0.25) is 0 Å². The van der Waals surface area contributed by atoms with Crippen molar-refractivity contribution in [3.05, 3.63) is 110 Å². The molecule has 2 heterocycles. The Hall–Kier alpha value is -4.30. The van der Waals surface area contributed by atoms with Crippen LogP contribution in [0.4, 0.5) is 24.5 Å². The van der Waals surface area contributed by atoms with E-state index in [1.807, 2.05) is 40.8 Å². The Morgan fingerprint density at radius 3 is 2.58 bits per heavy atom. The van der Waals surface area contributed by atoms with E-state index in [0.29, 0.717) is 25.3 Å². The molecule has 2 aromatic heterocycles. The first-order chi connectivity index (χ1) is 21.4. The predicted octanol–water partition coefficient (Wildman–Crippen LogP) is 6.89. The highest BCUT2D eigenvalue weighted by Crippen LogP contribution is 2.31. The van der Waals surface area contributed by atoms with Gasteiger partial charge in [0.15, 0.2) is 5.11 Å². The topological polar surface area (TPSA) is 105 Å². The van der Waals surface area contributed by atoms with Gasteiger partial charge in [-0.15, -0.1) is 11.3 Å². The van der Waals surface area contributed by atoms with E-state index in [1.165, 1.54) is 35.6 Å². The van der Waals surface area contributed by atoms with Gasteiger partial charge in [0.1, 0.15) is 0 Å². The average Bonchev–Trinajstić information content (AvgIpc) is 3.68. The zero-order chi connectivity index (χ0) is 32.6. The maximum Gasteiger partial charge on any atom is 0.416 e. The molecule has 9 nitrogen and oxygen atoms in total. The number of halogens is 3. The van der Waals surface area contributed by atoms with E-state index in [2.05, 4.69) is 15.6 Å². The van der Waals surface area contributed by atoms with Crippen LogP contribution in [0, 0.1) is 16.0 Å². The summed E-state index contributed by atoms with van der Waals surface area (Å²) in [5.74, 6) is -0.167. The summed E-state index contributed by atoms with van der Waals surface area (Å²) in [4.78, 5) is 30.9. The number of nitrogens with zero attached hydrogens (tertiary/aromatic N) is 4. The molecule has 238 valence electrons. The quantitative estimate of drug-likeness (QED) is 0.0916. The van der Waals surface area contributed by atoms with Gasteiger partial charge in [-0.2, -0.15) is 13.2 Å². The van der Waals surface area contributed by atoms with Crippen LogP contribution in [0.1, 0.15) is 42.0 Å². The third kappa shape index (κ3) is 9.59. The standard InChI is InChI=1S/C31H33F3N6O3S2/c1-3-21(2)28(37-29(41)15-26-16-35-20-39(26)17-22-9-11-25(12-10-22)40(42)43)19-38(18-27-8-5-13-45-27)30(44)36-24-7-4-6-23(14-24)31(32,33)34/h4-14,16,20-21,28H,3,15,17-19H2,1-2H3,(H,36,44)(H,37,41). The van der Waals surface area contributed by atoms with Crippen molar-refractivity contribution in [2.75, 3.05) is 11.9 Å². The van der Waals surface area contributed by atoms with Crippen LogP contribution < -0.4 is 10.6 Å². The highest BCUT2D eigenvalue weighted by molar-refractivity contribution is 7.80. The summed E-state index contributed by atoms with van der Waals surface area (Å²) in [6, 6.07) is 14.6. The Labute approximate surface area is 268 Å². The zero-order valence-electron chi connectivity index (χ0n) is 24.7. The van der Waals surface area contributed by atoms with Gasteiger partial charge in [-0.25, -0.2) is 4.98 Å². The number of amides is 1. The van der Waals surface area contributed by atoms with Crippen molar-refractivity contribution in [1.82, 2.24) is 19.8 Å². The SMILES string of the molecule is CCC(C)C(CN(Cc1cccs1)C(=S)Nc1cccc(C(F)(F)F)c1)NC(=O)Cc1cncn1Cc1ccc([N+](=O)[O-])cc1. The molecule has 2 atom stereocenters. The minimum absolute atomic E-state index is 0.00213. The third-order valence-electron chi connectivity index (χ3n) is 7.39. The van der Waals surface area contributed by atoms with E-state index in [4.69, 9.17) is 12.2 Å². The fourth-order valence-electron chi connectivity index (χ4n) is 4.66. The van der Waals surface area contributed by atoms with Crippen molar-refractivity contribution in [2.24, 2.45) is 5.92 Å². The Morgan fingerprint density at radius 1 is 1.18 bits per heavy atom. The lowest BCUT2D eigenvalue weighted by Gasteiger charge is -2.33. The van der Waals surface area contributed by atoms with Gasteiger partial charge < -0.3 is 20.1 Å². The van der Waals surface area contributed by atoms with Crippen LogP contribution in [-0.4, -0.2) is 43.0 Å². The number of nitro groups is 1. The van der Waals surface area contributed by atoms with E-state index in [1.54, 1.807) is 24.7 Å². The number of carbonyl (C=O) groups excluding carboxylic acids is 1. The number of imidazole rings is 1. The molecule has 0 bridgehead atoms. The zero-order valence-corrected chi connectivity index (χ0v) is 26.3. The number of aromatic nitrogens is 2. The number of nitrogens with one attached hydrogen (secondary N) is 2. The van der Waals surface area contributed by atoms with Crippen LogP contribution >= 0.6 is 23.6 Å². The van der Waals surface area contributed by atoms with Crippen molar-refractivity contribution in [3.63, 3.8) is 0 Å². The van der Waals surface area contributed by atoms with E-state index in [0.717, 1.165) is 29.0 Å². The van der Waals surface area contributed by atoms with E-state index in [-0.39, 0.29) is 40.8 Å². The molecule has 0 radical (unpaired) electrons. The van der Waals surface area contributed by atoms with Crippen LogP contribution in [0.25, 0.3) is 0 Å². The number of thiocarbonyl (C=S) groups is 1. The summed E-state index contributed by atoms with van der Waals surface area (Å²) in [6.45, 7) is 5.17. The number of nitro benzene ring substituents is 1. The molecule has 0 fully saturated rings. The molecule has 0 saturated heterocycles. The Morgan fingerprint density at radius 2 is 1.93 bits per heavy atom. The van der Waals surface area contributed by atoms with Gasteiger partial charge in [0.2, 0.25) is 5.91 Å². The molecule has 0 aliphatic heterocycles. The molecule has 45 heavy (non-hydrogen) atoms. The third-order valence-corrected chi connectivity index (χ3v) is 8.61. The van der Waals surface area contributed by atoms with Crippen LogP contribution in [-0.2, 0) is 30.5 Å². The fourth-order valence-corrected chi connectivity index (χ4v) is 5.63. The summed E-state index contributed by atoms with van der Waals surface area (Å²) >= 11 is 7.23. The summed E-state index contributed by atoms with van der Waals surface area (Å²) in [6.07, 6.45) is -0.447. The lowest BCUT2D eigenvalue weighted by Crippen LogP contribution is -2.50. The highest BCUT2D eigenvalue weighted by Gasteiger charge is 2.31. The van der Waals surface area contributed by atoms with Gasteiger partial charge in [0.25, 0.3) is 5.69 Å². The van der Waals surface area contributed by atoms with Crippen LogP contribution in [0.15, 0.2) is 78.6 Å². The Bertz CT molecular complexity index is 1590. The molecule has 14 heteroatoms. The normalized spacial score (nSPS) is 12.7. The lowest BCUT2D eigenvalue weighted by molar-refractivity contribution is -0.384. The number of rotatable bonds is 13. The lowest BCUT2D eigenvalue weighted by atomic mass is 9.98. The summed E-state index contributed by atoms with van der Waals surface area (Å²) < 4.78 is 41.7. The van der Waals surface area contributed by atoms with Crippen molar-refractivity contribution in [3.8, 4) is 0 Å². The molecule has 2 N–H and O–H groups in total. The number of hydrogen-bond donors (Lipinski definition) is 2. The predicted molar refractivity (Wildman–Crippen MR) is 172 cm³/mol. The molecule has 1 amide bonds. The molecule has 2 aromatic carbocycles. The molecule has 0 saturated carbocycles. The van der Waals surface area contributed by atoms with Crippen molar-refractivity contribution in [2.45, 2.75) is 52.0 Å². The molecule has 4 rings (SSSR count). The van der Waals surface area contributed by atoms with Crippen molar-refractivity contribution < 1.29 is 22.9 Å². The van der Waals surface area contributed by atoms with Crippen LogP contribution in [0.5, 0.6) is 0 Å². The van der Waals surface area contributed by atoms with Gasteiger partial charge in [-0.3, -0.25) is 14.9 Å². The number of benzene rings is 2. The van der Waals surface area contributed by atoms with Gasteiger partial charge in [-0.1, -0.05) is 44.5 Å². The monoisotopic (exact) mass is 658 g/mol. The van der Waals surface area contributed by atoms with Gasteiger partial charge in [-0.05, 0) is 53.3 Å². The number of thiophene rings is 1. The first kappa shape index (κ1) is 33.6. The number of hydrogen-bond acceptors (Lipinski definition) is 6. The maximum absolute atomic E-state index is 13.4. The molecule has 0 aliphatic rings. The van der Waals surface area contributed by atoms with Crippen LogP contribution in [0.3, 0.4) is 0 Å². The van der Waals surface area contributed by atoms with E-state index < -0.39 is 16.7 Å². The summed E-state index contributed by atoms with van der Waals surface area (Å²) in [7, 11) is 0. The number of carbonyl (C=O) groups is 1. The van der Waals surface area contributed by atoms with E-state index >= 15 is 0 Å². The first-order valence-electron chi connectivity index (χ1n) is 14.2. The Kier molecular flexibility index (Phi) is 11.3. The second kappa shape index (κ2) is 15.1. The van der Waals surface area contributed by atoms with Crippen molar-refractivity contribution >= 4 is 45.9 Å². The molecule has 4 aromatic rings. The molecule has 0 aliphatic carbocycles. The van der Waals surface area contributed by atoms with Gasteiger partial charge >= 0.3 is 6.18 Å². The summed E-state index contributed by atoms with van der Waals surface area (Å²) in [5.41, 5.74) is 0.932. The molecule has 2 unspecified atom stereocenters. The average molecular weight is 659 g/mol. The smallest absolute Gasteiger partial charge is 0.351 e. The second-order valence-corrected chi connectivity index (χ2v) is 12.1. The molecular formula is C31H33F3N6O3S2. The maximum atomic E-state index is 13.4. The summed E-state index contributed by atoms with van der Waals surface area (Å²) in [5, 5.41) is 19.3. The van der Waals surface area contributed by atoms with Crippen molar-refractivity contribution in [1.29, 1.82) is 0 Å². The highest BCUT2D eigenvalue weighted by atomic mass is 32.1. The Balaban J connectivity index is 1.47.